The van der Waals surface area contributed by atoms with E-state index >= 15 is 0 Å². The van der Waals surface area contributed by atoms with Gasteiger partial charge in [-0.2, -0.15) is 0 Å². The third-order valence-corrected chi connectivity index (χ3v) is 4.00. The van der Waals surface area contributed by atoms with Gasteiger partial charge in [0.1, 0.15) is 0 Å². The lowest BCUT2D eigenvalue weighted by molar-refractivity contribution is 0.359. The molecule has 0 unspecified atom stereocenters. The molecule has 0 aliphatic heterocycles. The van der Waals surface area contributed by atoms with Gasteiger partial charge in [-0.1, -0.05) is 20.3 Å². The van der Waals surface area contributed by atoms with Crippen molar-refractivity contribution in [3.05, 3.63) is 11.9 Å². The number of unbranched alkanes of at least 4 members (excludes halogenated alkanes) is 1. The van der Waals surface area contributed by atoms with E-state index in [1.165, 1.54) is 38.5 Å². The quantitative estimate of drug-likeness (QED) is 0.855. The Labute approximate surface area is 111 Å². The summed E-state index contributed by atoms with van der Waals surface area (Å²) in [5.41, 5.74) is 1.12. The molecule has 0 spiro atoms. The number of imidazole rings is 1. The van der Waals surface area contributed by atoms with Crippen LogP contribution in [0.2, 0.25) is 0 Å². The fourth-order valence-electron chi connectivity index (χ4n) is 2.75. The van der Waals surface area contributed by atoms with Crippen molar-refractivity contribution in [2.45, 2.75) is 71.9 Å². The van der Waals surface area contributed by atoms with Crippen molar-refractivity contribution in [2.24, 2.45) is 5.92 Å². The van der Waals surface area contributed by atoms with E-state index < -0.39 is 0 Å². The molecule has 2 rings (SSSR count). The normalized spacial score (nSPS) is 24.2. The molecule has 0 aromatic carbocycles. The van der Waals surface area contributed by atoms with E-state index in [4.69, 9.17) is 0 Å². The van der Waals surface area contributed by atoms with E-state index in [1.54, 1.807) is 0 Å². The summed E-state index contributed by atoms with van der Waals surface area (Å²) in [6.07, 6.45) is 9.92. The van der Waals surface area contributed by atoms with Crippen LogP contribution in [0.3, 0.4) is 0 Å². The maximum Gasteiger partial charge on any atom is 0.203 e. The topological polar surface area (TPSA) is 29.9 Å². The second-order valence-electron chi connectivity index (χ2n) is 5.85. The van der Waals surface area contributed by atoms with Crippen molar-refractivity contribution in [1.29, 1.82) is 0 Å². The van der Waals surface area contributed by atoms with Crippen LogP contribution in [0.15, 0.2) is 6.20 Å². The number of hydrogen-bond donors (Lipinski definition) is 1. The lowest BCUT2D eigenvalue weighted by Crippen LogP contribution is -2.26. The van der Waals surface area contributed by atoms with Crippen LogP contribution >= 0.6 is 0 Å². The van der Waals surface area contributed by atoms with Gasteiger partial charge in [0.15, 0.2) is 0 Å². The van der Waals surface area contributed by atoms with Gasteiger partial charge in [-0.3, -0.25) is 0 Å². The predicted molar refractivity (Wildman–Crippen MR) is 76.9 cm³/mol. The van der Waals surface area contributed by atoms with Crippen LogP contribution in [0, 0.1) is 12.8 Å². The van der Waals surface area contributed by atoms with Crippen LogP contribution < -0.4 is 5.32 Å². The maximum atomic E-state index is 4.63. The molecule has 1 aromatic heterocycles. The average molecular weight is 249 g/mol. The summed E-state index contributed by atoms with van der Waals surface area (Å²) in [5.74, 6) is 1.99. The van der Waals surface area contributed by atoms with Gasteiger partial charge in [-0.05, 0) is 44.9 Å². The molecule has 1 fully saturated rings. The van der Waals surface area contributed by atoms with Crippen LogP contribution in [0.4, 0.5) is 5.95 Å². The summed E-state index contributed by atoms with van der Waals surface area (Å²) >= 11 is 0. The van der Waals surface area contributed by atoms with Gasteiger partial charge in [0.05, 0.1) is 5.69 Å². The predicted octanol–water partition coefficient (Wildman–Crippen LogP) is 3.98. The van der Waals surface area contributed by atoms with Gasteiger partial charge in [-0.25, -0.2) is 4.98 Å². The fourth-order valence-corrected chi connectivity index (χ4v) is 2.75. The Balaban J connectivity index is 1.95. The lowest BCUT2D eigenvalue weighted by atomic mass is 9.87. The first kappa shape index (κ1) is 13.4. The van der Waals surface area contributed by atoms with Crippen LogP contribution in [0.25, 0.3) is 0 Å². The second kappa shape index (κ2) is 6.26. The number of nitrogens with one attached hydrogen (secondary N) is 1. The number of rotatable bonds is 5. The highest BCUT2D eigenvalue weighted by atomic mass is 15.2. The van der Waals surface area contributed by atoms with E-state index in [9.17, 15) is 0 Å². The first-order chi connectivity index (χ1) is 8.69. The summed E-state index contributed by atoms with van der Waals surface area (Å²) in [7, 11) is 0. The van der Waals surface area contributed by atoms with E-state index in [0.717, 1.165) is 24.1 Å². The van der Waals surface area contributed by atoms with Crippen LogP contribution in [0.1, 0.15) is 58.1 Å². The molecule has 3 nitrogen and oxygen atoms in total. The van der Waals surface area contributed by atoms with E-state index in [0.29, 0.717) is 6.04 Å². The highest BCUT2D eigenvalue weighted by Crippen LogP contribution is 2.26. The van der Waals surface area contributed by atoms with Gasteiger partial charge in [-0.15, -0.1) is 0 Å². The van der Waals surface area contributed by atoms with Gasteiger partial charge < -0.3 is 9.88 Å². The second-order valence-corrected chi connectivity index (χ2v) is 5.85. The van der Waals surface area contributed by atoms with Crippen LogP contribution in [-0.2, 0) is 6.54 Å². The zero-order valence-electron chi connectivity index (χ0n) is 12.1. The number of aryl methyl sites for hydroxylation is 2. The fraction of sp³-hybridized carbons (Fsp3) is 0.800. The Morgan fingerprint density at radius 1 is 1.33 bits per heavy atom. The van der Waals surface area contributed by atoms with Crippen LogP contribution in [0.5, 0.6) is 0 Å². The van der Waals surface area contributed by atoms with Crippen molar-refractivity contribution in [2.75, 3.05) is 5.32 Å². The molecule has 1 N–H and O–H groups in total. The highest BCUT2D eigenvalue weighted by molar-refractivity contribution is 5.30. The third-order valence-electron chi connectivity index (χ3n) is 4.00. The Kier molecular flexibility index (Phi) is 4.67. The Morgan fingerprint density at radius 3 is 2.72 bits per heavy atom. The molecule has 1 aliphatic rings. The summed E-state index contributed by atoms with van der Waals surface area (Å²) in [6, 6.07) is 0.628. The molecule has 18 heavy (non-hydrogen) atoms. The summed E-state index contributed by atoms with van der Waals surface area (Å²) in [5, 5.41) is 3.65. The maximum absolute atomic E-state index is 4.63. The van der Waals surface area contributed by atoms with Gasteiger partial charge >= 0.3 is 0 Å². The van der Waals surface area contributed by atoms with Crippen molar-refractivity contribution < 1.29 is 0 Å². The van der Waals surface area contributed by atoms with Crippen molar-refractivity contribution in [1.82, 2.24) is 9.55 Å². The zero-order valence-corrected chi connectivity index (χ0v) is 12.1. The smallest absolute Gasteiger partial charge is 0.203 e. The van der Waals surface area contributed by atoms with Gasteiger partial charge in [0.25, 0.3) is 0 Å². The Bertz CT molecular complexity index is 362. The van der Waals surface area contributed by atoms with Crippen LogP contribution in [-0.4, -0.2) is 15.6 Å². The molecular weight excluding hydrogens is 222 g/mol. The van der Waals surface area contributed by atoms with Gasteiger partial charge in [0.2, 0.25) is 5.95 Å². The zero-order chi connectivity index (χ0) is 13.0. The van der Waals surface area contributed by atoms with E-state index in [-0.39, 0.29) is 0 Å². The number of hydrogen-bond acceptors (Lipinski definition) is 2. The minimum absolute atomic E-state index is 0.628. The number of aromatic nitrogens is 2. The summed E-state index contributed by atoms with van der Waals surface area (Å²) in [6.45, 7) is 7.77. The lowest BCUT2D eigenvalue weighted by Gasteiger charge is -2.27. The first-order valence-electron chi connectivity index (χ1n) is 7.49. The monoisotopic (exact) mass is 249 g/mol. The molecular formula is C15H27N3. The molecule has 0 amide bonds. The van der Waals surface area contributed by atoms with E-state index in [1.807, 2.05) is 0 Å². The Hall–Kier alpha value is -0.990. The van der Waals surface area contributed by atoms with Crippen molar-refractivity contribution in [3.63, 3.8) is 0 Å². The number of anilines is 1. The molecule has 0 saturated heterocycles. The number of nitrogens with zero attached hydrogens (tertiary/aromatic N) is 2. The average Bonchev–Trinajstić information content (AvgIpc) is 2.70. The minimum Gasteiger partial charge on any atom is -0.353 e. The van der Waals surface area contributed by atoms with E-state index in [2.05, 4.69) is 41.8 Å². The van der Waals surface area contributed by atoms with Crippen molar-refractivity contribution in [3.8, 4) is 0 Å². The molecule has 0 radical (unpaired) electrons. The Morgan fingerprint density at radius 2 is 2.06 bits per heavy atom. The standard InChI is InChI=1S/C15H27N3/c1-4-5-10-18-11-13(3)16-15(18)17-14-8-6-12(2)7-9-14/h11-12,14H,4-10H2,1-3H3,(H,16,17). The molecule has 0 bridgehead atoms. The largest absolute Gasteiger partial charge is 0.353 e. The molecule has 102 valence electrons. The summed E-state index contributed by atoms with van der Waals surface area (Å²) < 4.78 is 2.29. The van der Waals surface area contributed by atoms with Crippen molar-refractivity contribution >= 4 is 5.95 Å². The first-order valence-corrected chi connectivity index (χ1v) is 7.49. The molecule has 1 heterocycles. The SMILES string of the molecule is CCCCn1cc(C)nc1NC1CCC(C)CC1. The molecule has 1 aromatic rings. The highest BCUT2D eigenvalue weighted by Gasteiger charge is 2.19. The minimum atomic E-state index is 0.628. The molecule has 1 saturated carbocycles. The molecule has 0 atom stereocenters. The third kappa shape index (κ3) is 3.50. The molecule has 3 heteroatoms. The molecule has 1 aliphatic carbocycles. The summed E-state index contributed by atoms with van der Waals surface area (Å²) in [4.78, 5) is 4.63. The van der Waals surface area contributed by atoms with Gasteiger partial charge in [0, 0.05) is 18.8 Å².